The van der Waals surface area contributed by atoms with Crippen LogP contribution in [-0.2, 0) is 6.42 Å². The second-order valence-corrected chi connectivity index (χ2v) is 5.33. The molecule has 2 aromatic rings. The van der Waals surface area contributed by atoms with E-state index in [1.807, 2.05) is 30.3 Å². The minimum atomic E-state index is -0.625. The van der Waals surface area contributed by atoms with Crippen LogP contribution in [-0.4, -0.2) is 24.3 Å². The molecule has 0 saturated carbocycles. The van der Waals surface area contributed by atoms with Crippen LogP contribution in [0.1, 0.15) is 23.6 Å². The van der Waals surface area contributed by atoms with Crippen molar-refractivity contribution in [3.8, 4) is 0 Å². The van der Waals surface area contributed by atoms with E-state index in [4.69, 9.17) is 5.11 Å². The fourth-order valence-corrected chi connectivity index (χ4v) is 2.42. The number of aliphatic hydroxyl groups excluding tert-OH is 1. The molecule has 2 rings (SSSR count). The highest BCUT2D eigenvalue weighted by Gasteiger charge is 2.14. The second kappa shape index (κ2) is 8.98. The number of hydrogen-bond donors (Lipinski definition) is 3. The van der Waals surface area contributed by atoms with Crippen LogP contribution in [0.3, 0.4) is 0 Å². The molecule has 0 aromatic heterocycles. The lowest BCUT2D eigenvalue weighted by molar-refractivity contribution is 0.229. The first-order chi connectivity index (χ1) is 11.6. The van der Waals surface area contributed by atoms with Crippen molar-refractivity contribution in [1.29, 1.82) is 0 Å². The van der Waals surface area contributed by atoms with Crippen molar-refractivity contribution in [3.63, 3.8) is 0 Å². The summed E-state index contributed by atoms with van der Waals surface area (Å²) in [4.78, 5) is 12.0. The lowest BCUT2D eigenvalue weighted by Gasteiger charge is -2.18. The zero-order chi connectivity index (χ0) is 17.4. The summed E-state index contributed by atoms with van der Waals surface area (Å²) in [5, 5.41) is 14.5. The van der Waals surface area contributed by atoms with Crippen LogP contribution in [0.15, 0.2) is 48.5 Å². The van der Waals surface area contributed by atoms with Crippen LogP contribution in [0, 0.1) is 11.6 Å². The van der Waals surface area contributed by atoms with E-state index in [1.54, 1.807) is 0 Å². The van der Waals surface area contributed by atoms with Crippen LogP contribution in [0.25, 0.3) is 0 Å². The van der Waals surface area contributed by atoms with E-state index in [1.165, 1.54) is 18.2 Å². The Kier molecular flexibility index (Phi) is 6.69. The first kappa shape index (κ1) is 17.9. The number of urea groups is 1. The topological polar surface area (TPSA) is 61.4 Å². The molecule has 24 heavy (non-hydrogen) atoms. The number of nitrogens with one attached hydrogen (secondary N) is 2. The van der Waals surface area contributed by atoms with Crippen molar-refractivity contribution in [2.75, 3.05) is 13.2 Å². The average Bonchev–Trinajstić information content (AvgIpc) is 2.58. The summed E-state index contributed by atoms with van der Waals surface area (Å²) in [6, 6.07) is 12.2. The molecule has 0 aliphatic rings. The van der Waals surface area contributed by atoms with E-state index < -0.39 is 17.7 Å². The third kappa shape index (κ3) is 5.03. The zero-order valence-corrected chi connectivity index (χ0v) is 13.1. The standard InChI is InChI=1S/C18H20F2N2O2/c19-15-7-4-8-16(20)14(15)9-11-21-18(24)22-17(10-12-23)13-5-2-1-3-6-13/h1-8,17,23H,9-12H2,(H2,21,22,24)/t17-/m1/s1. The van der Waals surface area contributed by atoms with Crippen LogP contribution >= 0.6 is 0 Å². The molecule has 0 aliphatic heterocycles. The molecule has 0 spiro atoms. The molecule has 0 heterocycles. The molecular weight excluding hydrogens is 314 g/mol. The molecule has 0 unspecified atom stereocenters. The monoisotopic (exact) mass is 334 g/mol. The lowest BCUT2D eigenvalue weighted by Crippen LogP contribution is -2.39. The highest BCUT2D eigenvalue weighted by Crippen LogP contribution is 2.16. The zero-order valence-electron chi connectivity index (χ0n) is 13.1. The molecule has 0 radical (unpaired) electrons. The minimum absolute atomic E-state index is 0.0484. The largest absolute Gasteiger partial charge is 0.396 e. The Balaban J connectivity index is 1.87. The van der Waals surface area contributed by atoms with Crippen LogP contribution < -0.4 is 10.6 Å². The molecule has 0 aliphatic carbocycles. The van der Waals surface area contributed by atoms with E-state index in [0.717, 1.165) is 5.56 Å². The molecule has 0 fully saturated rings. The molecule has 0 bridgehead atoms. The number of carbonyl (C=O) groups is 1. The quantitative estimate of drug-likeness (QED) is 0.729. The third-order valence-electron chi connectivity index (χ3n) is 3.65. The van der Waals surface area contributed by atoms with Crippen molar-refractivity contribution >= 4 is 6.03 Å². The van der Waals surface area contributed by atoms with Gasteiger partial charge in [0.1, 0.15) is 11.6 Å². The van der Waals surface area contributed by atoms with Gasteiger partial charge in [-0.15, -0.1) is 0 Å². The summed E-state index contributed by atoms with van der Waals surface area (Å²) in [6.45, 7) is 0.0323. The van der Waals surface area contributed by atoms with Crippen molar-refractivity contribution in [2.24, 2.45) is 0 Å². The molecule has 2 amide bonds. The van der Waals surface area contributed by atoms with Gasteiger partial charge < -0.3 is 15.7 Å². The summed E-state index contributed by atoms with van der Waals surface area (Å²) in [7, 11) is 0. The molecule has 3 N–H and O–H groups in total. The molecule has 1 atom stereocenters. The van der Waals surface area contributed by atoms with Gasteiger partial charge in [0, 0.05) is 18.7 Å². The van der Waals surface area contributed by atoms with E-state index in [0.29, 0.717) is 6.42 Å². The Bertz CT molecular complexity index is 645. The van der Waals surface area contributed by atoms with Gasteiger partial charge in [-0.2, -0.15) is 0 Å². The van der Waals surface area contributed by atoms with E-state index in [-0.39, 0.29) is 31.2 Å². The summed E-state index contributed by atoms with van der Waals surface area (Å²) >= 11 is 0. The van der Waals surface area contributed by atoms with Gasteiger partial charge in [0.15, 0.2) is 0 Å². The van der Waals surface area contributed by atoms with Gasteiger partial charge in [-0.25, -0.2) is 13.6 Å². The number of amides is 2. The van der Waals surface area contributed by atoms with Crippen molar-refractivity contribution in [1.82, 2.24) is 10.6 Å². The molecule has 128 valence electrons. The van der Waals surface area contributed by atoms with Crippen LogP contribution in [0.4, 0.5) is 13.6 Å². The Morgan fingerprint density at radius 1 is 1.04 bits per heavy atom. The summed E-state index contributed by atoms with van der Waals surface area (Å²) in [5.74, 6) is -1.25. The van der Waals surface area contributed by atoms with E-state index in [9.17, 15) is 13.6 Å². The predicted molar refractivity (Wildman–Crippen MR) is 87.5 cm³/mol. The average molecular weight is 334 g/mol. The summed E-state index contributed by atoms with van der Waals surface area (Å²) in [5.41, 5.74) is 0.828. The lowest BCUT2D eigenvalue weighted by atomic mass is 10.0. The first-order valence-corrected chi connectivity index (χ1v) is 7.75. The minimum Gasteiger partial charge on any atom is -0.396 e. The number of benzene rings is 2. The van der Waals surface area contributed by atoms with Gasteiger partial charge in [-0.05, 0) is 30.5 Å². The number of rotatable bonds is 7. The Morgan fingerprint density at radius 2 is 1.71 bits per heavy atom. The van der Waals surface area contributed by atoms with Crippen molar-refractivity contribution in [2.45, 2.75) is 18.9 Å². The fourth-order valence-electron chi connectivity index (χ4n) is 2.42. The summed E-state index contributed by atoms with van der Waals surface area (Å²) in [6.07, 6.45) is 0.432. The van der Waals surface area contributed by atoms with Gasteiger partial charge in [-0.3, -0.25) is 0 Å². The Labute approximate surface area is 139 Å². The highest BCUT2D eigenvalue weighted by molar-refractivity contribution is 5.74. The Hall–Kier alpha value is -2.47. The van der Waals surface area contributed by atoms with E-state index >= 15 is 0 Å². The van der Waals surface area contributed by atoms with Gasteiger partial charge in [0.05, 0.1) is 6.04 Å². The molecular formula is C18H20F2N2O2. The van der Waals surface area contributed by atoms with Crippen LogP contribution in [0.5, 0.6) is 0 Å². The van der Waals surface area contributed by atoms with Gasteiger partial charge >= 0.3 is 6.03 Å². The second-order valence-electron chi connectivity index (χ2n) is 5.33. The van der Waals surface area contributed by atoms with Gasteiger partial charge in [-0.1, -0.05) is 36.4 Å². The molecule has 6 heteroatoms. The van der Waals surface area contributed by atoms with Crippen LogP contribution in [0.2, 0.25) is 0 Å². The normalized spacial score (nSPS) is 11.8. The molecule has 0 saturated heterocycles. The molecule has 4 nitrogen and oxygen atoms in total. The van der Waals surface area contributed by atoms with Gasteiger partial charge in [0.25, 0.3) is 0 Å². The number of carbonyl (C=O) groups excluding carboxylic acids is 1. The fraction of sp³-hybridized carbons (Fsp3) is 0.278. The first-order valence-electron chi connectivity index (χ1n) is 7.75. The SMILES string of the molecule is O=C(NCCc1c(F)cccc1F)N[C@H](CCO)c1ccccc1. The number of aliphatic hydroxyl groups is 1. The highest BCUT2D eigenvalue weighted by atomic mass is 19.1. The predicted octanol–water partition coefficient (Wildman–Crippen LogP) is 2.93. The maximum absolute atomic E-state index is 13.5. The van der Waals surface area contributed by atoms with Crippen molar-refractivity contribution < 1.29 is 18.7 Å². The molecule has 2 aromatic carbocycles. The maximum Gasteiger partial charge on any atom is 0.315 e. The number of halogens is 2. The third-order valence-corrected chi connectivity index (χ3v) is 3.65. The van der Waals surface area contributed by atoms with Gasteiger partial charge in [0.2, 0.25) is 0 Å². The number of hydrogen-bond acceptors (Lipinski definition) is 2. The van der Waals surface area contributed by atoms with Crippen molar-refractivity contribution in [3.05, 3.63) is 71.3 Å². The Morgan fingerprint density at radius 3 is 2.33 bits per heavy atom. The van der Waals surface area contributed by atoms with E-state index in [2.05, 4.69) is 10.6 Å². The summed E-state index contributed by atoms with van der Waals surface area (Å²) < 4.78 is 27.0. The maximum atomic E-state index is 13.5. The smallest absolute Gasteiger partial charge is 0.315 e.